The number of aromatic hydroxyl groups is 1. The molecule has 0 spiro atoms. The number of nitrogens with zero attached hydrogens (tertiary/aromatic N) is 6. The van der Waals surface area contributed by atoms with E-state index in [4.69, 9.17) is 0 Å². The number of phenolic OH excluding ortho intramolecular Hbond substituents is 1. The standard InChI is InChI=1S/C16H19N7O2/c1-10(2)11(3)23-15(6-7-18-23)19-16(25)13-5-4-12(8-14(13)24)22-9-17-20-21-22/h4-11,24H,1-3H3,(H,19,25)/t11-/m0/s1. The molecule has 1 amide bonds. The van der Waals surface area contributed by atoms with Crippen LogP contribution in [0.3, 0.4) is 0 Å². The van der Waals surface area contributed by atoms with E-state index in [1.807, 2.05) is 6.92 Å². The second-order valence-corrected chi connectivity index (χ2v) is 6.06. The van der Waals surface area contributed by atoms with E-state index in [0.717, 1.165) is 0 Å². The molecule has 2 aromatic heterocycles. The molecule has 1 aromatic carbocycles. The Kier molecular flexibility index (Phi) is 4.46. The van der Waals surface area contributed by atoms with Gasteiger partial charge in [0, 0.05) is 12.1 Å². The Labute approximate surface area is 144 Å². The van der Waals surface area contributed by atoms with E-state index in [-0.39, 0.29) is 17.4 Å². The first kappa shape index (κ1) is 16.6. The summed E-state index contributed by atoms with van der Waals surface area (Å²) >= 11 is 0. The van der Waals surface area contributed by atoms with Crippen LogP contribution in [0.15, 0.2) is 36.8 Å². The number of benzene rings is 1. The van der Waals surface area contributed by atoms with E-state index in [9.17, 15) is 9.90 Å². The van der Waals surface area contributed by atoms with Crippen LogP contribution in [-0.4, -0.2) is 41.0 Å². The van der Waals surface area contributed by atoms with E-state index >= 15 is 0 Å². The quantitative estimate of drug-likeness (QED) is 0.734. The molecule has 3 aromatic rings. The van der Waals surface area contributed by atoms with Crippen LogP contribution in [0, 0.1) is 5.92 Å². The van der Waals surface area contributed by atoms with Gasteiger partial charge in [0.15, 0.2) is 0 Å². The minimum Gasteiger partial charge on any atom is -0.507 e. The van der Waals surface area contributed by atoms with Crippen molar-refractivity contribution in [3.63, 3.8) is 0 Å². The molecule has 9 heteroatoms. The Morgan fingerprint density at radius 2 is 2.04 bits per heavy atom. The fourth-order valence-electron chi connectivity index (χ4n) is 2.34. The lowest BCUT2D eigenvalue weighted by atomic mass is 10.1. The van der Waals surface area contributed by atoms with Crippen molar-refractivity contribution in [3.05, 3.63) is 42.4 Å². The number of tetrazole rings is 1. The molecule has 0 fully saturated rings. The summed E-state index contributed by atoms with van der Waals surface area (Å²) in [4.78, 5) is 12.5. The highest BCUT2D eigenvalue weighted by Gasteiger charge is 2.18. The largest absolute Gasteiger partial charge is 0.507 e. The number of anilines is 1. The van der Waals surface area contributed by atoms with Gasteiger partial charge in [0.25, 0.3) is 5.91 Å². The van der Waals surface area contributed by atoms with Crippen molar-refractivity contribution in [3.8, 4) is 11.4 Å². The number of rotatable bonds is 5. The van der Waals surface area contributed by atoms with Crippen molar-refractivity contribution in [2.45, 2.75) is 26.8 Å². The van der Waals surface area contributed by atoms with E-state index in [1.54, 1.807) is 23.0 Å². The highest BCUT2D eigenvalue weighted by atomic mass is 16.3. The van der Waals surface area contributed by atoms with E-state index in [1.165, 1.54) is 23.1 Å². The van der Waals surface area contributed by atoms with E-state index in [0.29, 0.717) is 17.4 Å². The second-order valence-electron chi connectivity index (χ2n) is 6.06. The molecule has 0 aliphatic rings. The lowest BCUT2D eigenvalue weighted by Crippen LogP contribution is -2.20. The Bertz CT molecular complexity index is 871. The van der Waals surface area contributed by atoms with Crippen LogP contribution in [0.5, 0.6) is 5.75 Å². The second kappa shape index (κ2) is 6.71. The number of phenols is 1. The van der Waals surface area contributed by atoms with Crippen molar-refractivity contribution < 1.29 is 9.90 Å². The Morgan fingerprint density at radius 3 is 2.68 bits per heavy atom. The van der Waals surface area contributed by atoms with Crippen LogP contribution in [-0.2, 0) is 0 Å². The molecule has 1 atom stereocenters. The van der Waals surface area contributed by atoms with Gasteiger partial charge >= 0.3 is 0 Å². The van der Waals surface area contributed by atoms with Crippen LogP contribution >= 0.6 is 0 Å². The van der Waals surface area contributed by atoms with Gasteiger partial charge < -0.3 is 10.4 Å². The zero-order valence-electron chi connectivity index (χ0n) is 14.2. The van der Waals surface area contributed by atoms with Gasteiger partial charge in [-0.25, -0.2) is 9.36 Å². The van der Waals surface area contributed by atoms with Gasteiger partial charge in [0.2, 0.25) is 0 Å². The molecule has 3 rings (SSSR count). The molecule has 9 nitrogen and oxygen atoms in total. The molecule has 0 aliphatic carbocycles. The first-order valence-corrected chi connectivity index (χ1v) is 7.88. The summed E-state index contributed by atoms with van der Waals surface area (Å²) in [7, 11) is 0. The average Bonchev–Trinajstić information content (AvgIpc) is 3.25. The third-order valence-corrected chi connectivity index (χ3v) is 4.10. The molecule has 2 heterocycles. The smallest absolute Gasteiger partial charge is 0.260 e. The van der Waals surface area contributed by atoms with Crippen LogP contribution in [0.25, 0.3) is 5.69 Å². The summed E-state index contributed by atoms with van der Waals surface area (Å²) in [6.07, 6.45) is 3.04. The van der Waals surface area contributed by atoms with Gasteiger partial charge in [-0.1, -0.05) is 13.8 Å². The summed E-state index contributed by atoms with van der Waals surface area (Å²) in [5, 5.41) is 28.1. The van der Waals surface area contributed by atoms with Gasteiger partial charge in [0.05, 0.1) is 23.5 Å². The minimum absolute atomic E-state index is 0.126. The predicted octanol–water partition coefficient (Wildman–Crippen LogP) is 2.03. The molecular formula is C16H19N7O2. The monoisotopic (exact) mass is 341 g/mol. The SMILES string of the molecule is CC(C)[C@H](C)n1nccc1NC(=O)c1ccc(-n2cnnn2)cc1O. The third kappa shape index (κ3) is 3.35. The molecule has 130 valence electrons. The van der Waals surface area contributed by atoms with Gasteiger partial charge in [-0.15, -0.1) is 5.10 Å². The molecule has 0 saturated carbocycles. The number of amides is 1. The van der Waals surface area contributed by atoms with Gasteiger partial charge in [-0.3, -0.25) is 4.79 Å². The summed E-state index contributed by atoms with van der Waals surface area (Å²) < 4.78 is 3.15. The molecule has 0 aliphatic heterocycles. The first-order valence-electron chi connectivity index (χ1n) is 7.88. The maximum atomic E-state index is 12.5. The summed E-state index contributed by atoms with van der Waals surface area (Å²) in [5.74, 6) is 0.363. The normalized spacial score (nSPS) is 12.3. The number of hydrogen-bond donors (Lipinski definition) is 2. The highest BCUT2D eigenvalue weighted by Crippen LogP contribution is 2.24. The zero-order chi connectivity index (χ0) is 18.0. The topological polar surface area (TPSA) is 111 Å². The minimum atomic E-state index is -0.418. The van der Waals surface area contributed by atoms with Crippen LogP contribution < -0.4 is 5.32 Å². The molecule has 0 radical (unpaired) electrons. The molecule has 25 heavy (non-hydrogen) atoms. The number of hydrogen-bond acceptors (Lipinski definition) is 6. The predicted molar refractivity (Wildman–Crippen MR) is 90.5 cm³/mol. The number of carbonyl (C=O) groups excluding carboxylic acids is 1. The van der Waals surface area contributed by atoms with Crippen LogP contribution in [0.2, 0.25) is 0 Å². The van der Waals surface area contributed by atoms with Gasteiger partial charge in [-0.05, 0) is 35.4 Å². The van der Waals surface area contributed by atoms with Gasteiger partial charge in [-0.2, -0.15) is 5.10 Å². The summed E-state index contributed by atoms with van der Waals surface area (Å²) in [6.45, 7) is 6.20. The Morgan fingerprint density at radius 1 is 1.24 bits per heavy atom. The fraction of sp³-hybridized carbons (Fsp3) is 0.312. The van der Waals surface area contributed by atoms with Crippen molar-refractivity contribution in [1.29, 1.82) is 0 Å². The highest BCUT2D eigenvalue weighted by molar-refractivity contribution is 6.05. The summed E-state index contributed by atoms with van der Waals surface area (Å²) in [6, 6.07) is 6.46. The number of nitrogens with one attached hydrogen (secondary N) is 1. The summed E-state index contributed by atoms with van der Waals surface area (Å²) in [5.41, 5.74) is 0.708. The first-order chi connectivity index (χ1) is 12.0. The molecular weight excluding hydrogens is 322 g/mol. The average molecular weight is 341 g/mol. The number of carbonyl (C=O) groups is 1. The Balaban J connectivity index is 1.82. The lowest BCUT2D eigenvalue weighted by Gasteiger charge is -2.19. The van der Waals surface area contributed by atoms with E-state index in [2.05, 4.69) is 39.8 Å². The lowest BCUT2D eigenvalue weighted by molar-refractivity contribution is 0.102. The van der Waals surface area contributed by atoms with Gasteiger partial charge in [0.1, 0.15) is 17.9 Å². The Hall–Kier alpha value is -3.23. The molecule has 0 unspecified atom stereocenters. The van der Waals surface area contributed by atoms with Crippen molar-refractivity contribution in [1.82, 2.24) is 30.0 Å². The van der Waals surface area contributed by atoms with Crippen molar-refractivity contribution in [2.75, 3.05) is 5.32 Å². The molecule has 2 N–H and O–H groups in total. The maximum absolute atomic E-state index is 12.5. The zero-order valence-corrected chi connectivity index (χ0v) is 14.2. The third-order valence-electron chi connectivity index (χ3n) is 4.10. The van der Waals surface area contributed by atoms with Crippen molar-refractivity contribution >= 4 is 11.7 Å². The fourth-order valence-corrected chi connectivity index (χ4v) is 2.34. The maximum Gasteiger partial charge on any atom is 0.260 e. The molecule has 0 saturated heterocycles. The van der Waals surface area contributed by atoms with E-state index < -0.39 is 5.91 Å². The molecule has 0 bridgehead atoms. The number of aromatic nitrogens is 6. The van der Waals surface area contributed by atoms with Crippen LogP contribution in [0.1, 0.15) is 37.2 Å². The van der Waals surface area contributed by atoms with Crippen molar-refractivity contribution in [2.24, 2.45) is 5.92 Å². The van der Waals surface area contributed by atoms with Crippen LogP contribution in [0.4, 0.5) is 5.82 Å².